The Labute approximate surface area is 163 Å². The van der Waals surface area contributed by atoms with E-state index in [2.05, 4.69) is 15.6 Å². The Bertz CT molecular complexity index is 1060. The summed E-state index contributed by atoms with van der Waals surface area (Å²) in [6.07, 6.45) is 1.27. The Kier molecular flexibility index (Phi) is 6.22. The lowest BCUT2D eigenvalue weighted by Gasteiger charge is -2.09. The minimum absolute atomic E-state index is 0.00704. The van der Waals surface area contributed by atoms with E-state index < -0.39 is 0 Å². The molecule has 0 bridgehead atoms. The van der Waals surface area contributed by atoms with Gasteiger partial charge in [-0.2, -0.15) is 0 Å². The molecule has 2 aromatic carbocycles. The van der Waals surface area contributed by atoms with Crippen molar-refractivity contribution in [3.05, 3.63) is 76.1 Å². The molecule has 2 amide bonds. The van der Waals surface area contributed by atoms with Gasteiger partial charge < -0.3 is 15.6 Å². The van der Waals surface area contributed by atoms with Gasteiger partial charge in [-0.05, 0) is 41.6 Å². The maximum atomic E-state index is 12.3. The van der Waals surface area contributed by atoms with Gasteiger partial charge in [-0.1, -0.05) is 37.3 Å². The minimum Gasteiger partial charge on any atom is -0.352 e. The van der Waals surface area contributed by atoms with Crippen molar-refractivity contribution in [1.29, 1.82) is 0 Å². The number of aromatic nitrogens is 1. The van der Waals surface area contributed by atoms with Gasteiger partial charge in [-0.3, -0.25) is 14.4 Å². The Morgan fingerprint density at radius 2 is 1.82 bits per heavy atom. The maximum Gasteiger partial charge on any atom is 0.252 e. The molecule has 6 nitrogen and oxygen atoms in total. The first-order chi connectivity index (χ1) is 13.5. The zero-order chi connectivity index (χ0) is 19.9. The standard InChI is InChI=1S/C22H23N3O3/c1-2-6-20(26)24-18-9-5-7-15(11-18)14-23-21(27)13-17-12-16-8-3-4-10-19(16)25-22(17)28/h3-5,7-12H,2,6,13-14H2,1H3,(H,23,27)(H,24,26)(H,25,28). The van der Waals surface area contributed by atoms with Crippen LogP contribution in [0.3, 0.4) is 0 Å². The Balaban J connectivity index is 1.61. The number of aromatic amines is 1. The quantitative estimate of drug-likeness (QED) is 0.591. The number of H-pyrrole nitrogens is 1. The third-order valence-corrected chi connectivity index (χ3v) is 4.36. The topological polar surface area (TPSA) is 91.1 Å². The van der Waals surface area contributed by atoms with E-state index in [0.717, 1.165) is 22.9 Å². The van der Waals surface area contributed by atoms with E-state index >= 15 is 0 Å². The molecule has 6 heteroatoms. The molecule has 144 valence electrons. The van der Waals surface area contributed by atoms with Gasteiger partial charge >= 0.3 is 0 Å². The zero-order valence-corrected chi connectivity index (χ0v) is 15.7. The molecule has 0 fully saturated rings. The molecular formula is C22H23N3O3. The monoisotopic (exact) mass is 377 g/mol. The number of pyridine rings is 1. The Morgan fingerprint density at radius 3 is 2.64 bits per heavy atom. The second kappa shape index (κ2) is 8.99. The average molecular weight is 377 g/mol. The Morgan fingerprint density at radius 1 is 1.00 bits per heavy atom. The van der Waals surface area contributed by atoms with Crippen LogP contribution in [0.15, 0.2) is 59.4 Å². The van der Waals surface area contributed by atoms with Crippen LogP contribution in [0.2, 0.25) is 0 Å². The number of carbonyl (C=O) groups is 2. The SMILES string of the molecule is CCCC(=O)Nc1cccc(CNC(=O)Cc2cc3ccccc3[nH]c2=O)c1. The highest BCUT2D eigenvalue weighted by Gasteiger charge is 2.09. The van der Waals surface area contributed by atoms with Gasteiger partial charge in [-0.25, -0.2) is 0 Å². The van der Waals surface area contributed by atoms with Crippen LogP contribution in [0.4, 0.5) is 5.69 Å². The predicted molar refractivity (Wildman–Crippen MR) is 110 cm³/mol. The van der Waals surface area contributed by atoms with E-state index in [4.69, 9.17) is 0 Å². The van der Waals surface area contributed by atoms with Crippen molar-refractivity contribution in [2.45, 2.75) is 32.7 Å². The van der Waals surface area contributed by atoms with E-state index in [-0.39, 0.29) is 23.8 Å². The lowest BCUT2D eigenvalue weighted by atomic mass is 10.1. The van der Waals surface area contributed by atoms with Gasteiger partial charge in [0.25, 0.3) is 5.56 Å². The fraction of sp³-hybridized carbons (Fsp3) is 0.227. The smallest absolute Gasteiger partial charge is 0.252 e. The first-order valence-corrected chi connectivity index (χ1v) is 9.31. The molecule has 0 saturated carbocycles. The molecule has 3 N–H and O–H groups in total. The van der Waals surface area contributed by atoms with Gasteiger partial charge in [-0.15, -0.1) is 0 Å². The van der Waals surface area contributed by atoms with E-state index in [0.29, 0.717) is 24.2 Å². The number of rotatable bonds is 7. The van der Waals surface area contributed by atoms with Gasteiger partial charge in [0.2, 0.25) is 11.8 Å². The number of hydrogen-bond donors (Lipinski definition) is 3. The molecule has 0 spiro atoms. The number of carbonyl (C=O) groups excluding carboxylic acids is 2. The van der Waals surface area contributed by atoms with Crippen LogP contribution in [-0.4, -0.2) is 16.8 Å². The van der Waals surface area contributed by atoms with Gasteiger partial charge in [0, 0.05) is 29.7 Å². The summed E-state index contributed by atoms with van der Waals surface area (Å²) in [6, 6.07) is 16.6. The van der Waals surface area contributed by atoms with Crippen LogP contribution in [-0.2, 0) is 22.6 Å². The molecule has 3 aromatic rings. The van der Waals surface area contributed by atoms with Crippen LogP contribution >= 0.6 is 0 Å². The molecule has 0 aliphatic rings. The molecule has 1 heterocycles. The van der Waals surface area contributed by atoms with Crippen molar-refractivity contribution in [3.8, 4) is 0 Å². The molecule has 0 aliphatic heterocycles. The van der Waals surface area contributed by atoms with Gasteiger partial charge in [0.15, 0.2) is 0 Å². The predicted octanol–water partition coefficient (Wildman–Crippen LogP) is 3.13. The molecule has 28 heavy (non-hydrogen) atoms. The third-order valence-electron chi connectivity index (χ3n) is 4.36. The van der Waals surface area contributed by atoms with Crippen molar-refractivity contribution in [2.75, 3.05) is 5.32 Å². The average Bonchev–Trinajstić information content (AvgIpc) is 2.67. The summed E-state index contributed by atoms with van der Waals surface area (Å²) >= 11 is 0. The molecule has 0 unspecified atom stereocenters. The number of anilines is 1. The summed E-state index contributed by atoms with van der Waals surface area (Å²) in [5.74, 6) is -0.264. The number of amides is 2. The van der Waals surface area contributed by atoms with E-state index in [1.807, 2.05) is 55.5 Å². The molecule has 0 saturated heterocycles. The van der Waals surface area contributed by atoms with Crippen LogP contribution in [0.1, 0.15) is 30.9 Å². The lowest BCUT2D eigenvalue weighted by Crippen LogP contribution is -2.27. The van der Waals surface area contributed by atoms with Crippen LogP contribution in [0.5, 0.6) is 0 Å². The highest BCUT2D eigenvalue weighted by Crippen LogP contribution is 2.12. The molecule has 0 aliphatic carbocycles. The third kappa shape index (κ3) is 5.07. The highest BCUT2D eigenvalue weighted by molar-refractivity contribution is 5.90. The first-order valence-electron chi connectivity index (χ1n) is 9.31. The second-order valence-corrected chi connectivity index (χ2v) is 6.66. The summed E-state index contributed by atoms with van der Waals surface area (Å²) in [5, 5.41) is 6.55. The molecular weight excluding hydrogens is 354 g/mol. The summed E-state index contributed by atoms with van der Waals surface area (Å²) in [5.41, 5.74) is 2.50. The fourth-order valence-corrected chi connectivity index (χ4v) is 2.97. The zero-order valence-electron chi connectivity index (χ0n) is 15.7. The second-order valence-electron chi connectivity index (χ2n) is 6.66. The normalized spacial score (nSPS) is 10.6. The number of hydrogen-bond acceptors (Lipinski definition) is 3. The number of para-hydroxylation sites is 1. The van der Waals surface area contributed by atoms with Crippen molar-refractivity contribution in [2.24, 2.45) is 0 Å². The minimum atomic E-state index is -0.255. The van der Waals surface area contributed by atoms with Crippen molar-refractivity contribution >= 4 is 28.4 Å². The molecule has 1 aromatic heterocycles. The van der Waals surface area contributed by atoms with E-state index in [1.165, 1.54) is 0 Å². The largest absolute Gasteiger partial charge is 0.352 e. The number of benzene rings is 2. The van der Waals surface area contributed by atoms with E-state index in [1.54, 1.807) is 6.07 Å². The summed E-state index contributed by atoms with van der Waals surface area (Å²) in [6.45, 7) is 2.27. The summed E-state index contributed by atoms with van der Waals surface area (Å²) in [7, 11) is 0. The Hall–Kier alpha value is -3.41. The molecule has 0 atom stereocenters. The van der Waals surface area contributed by atoms with Crippen molar-refractivity contribution < 1.29 is 9.59 Å². The molecule has 3 rings (SSSR count). The highest BCUT2D eigenvalue weighted by atomic mass is 16.2. The van der Waals surface area contributed by atoms with Gasteiger partial charge in [0.1, 0.15) is 0 Å². The fourth-order valence-electron chi connectivity index (χ4n) is 2.97. The van der Waals surface area contributed by atoms with E-state index in [9.17, 15) is 14.4 Å². The summed E-state index contributed by atoms with van der Waals surface area (Å²) in [4.78, 5) is 39.0. The van der Waals surface area contributed by atoms with Crippen LogP contribution < -0.4 is 16.2 Å². The lowest BCUT2D eigenvalue weighted by molar-refractivity contribution is -0.120. The van der Waals surface area contributed by atoms with Crippen molar-refractivity contribution in [3.63, 3.8) is 0 Å². The van der Waals surface area contributed by atoms with Crippen LogP contribution in [0.25, 0.3) is 10.9 Å². The van der Waals surface area contributed by atoms with Crippen molar-refractivity contribution in [1.82, 2.24) is 10.3 Å². The number of nitrogens with one attached hydrogen (secondary N) is 3. The van der Waals surface area contributed by atoms with Gasteiger partial charge in [0.05, 0.1) is 6.42 Å². The number of fused-ring (bicyclic) bond motifs is 1. The van der Waals surface area contributed by atoms with Crippen LogP contribution in [0, 0.1) is 0 Å². The summed E-state index contributed by atoms with van der Waals surface area (Å²) < 4.78 is 0. The molecule has 0 radical (unpaired) electrons. The maximum absolute atomic E-state index is 12.3. The first kappa shape index (κ1) is 19.4.